The van der Waals surface area contributed by atoms with Crippen molar-refractivity contribution in [3.63, 3.8) is 0 Å². The first-order chi connectivity index (χ1) is 12.6. The summed E-state index contributed by atoms with van der Waals surface area (Å²) in [6, 6.07) is 11.8. The van der Waals surface area contributed by atoms with Crippen LogP contribution in [0.1, 0.15) is 41.1 Å². The van der Waals surface area contributed by atoms with Gasteiger partial charge in [0.2, 0.25) is 5.91 Å². The average molecular weight is 352 g/mol. The Labute approximate surface area is 153 Å². The topological polar surface area (TPSA) is 53.8 Å². The molecule has 0 bridgehead atoms. The van der Waals surface area contributed by atoms with E-state index in [1.54, 1.807) is 6.07 Å². The molecule has 1 atom stereocenters. The van der Waals surface area contributed by atoms with Gasteiger partial charge < -0.3 is 14.2 Å². The molecule has 2 aliphatic rings. The van der Waals surface area contributed by atoms with Crippen LogP contribution in [0.5, 0.6) is 0 Å². The summed E-state index contributed by atoms with van der Waals surface area (Å²) in [7, 11) is 1.90. The molecular formula is C21H24N2O3. The Morgan fingerprint density at radius 1 is 1.15 bits per heavy atom. The molecule has 136 valence electrons. The van der Waals surface area contributed by atoms with Crippen molar-refractivity contribution in [2.24, 2.45) is 5.41 Å². The van der Waals surface area contributed by atoms with E-state index >= 15 is 0 Å². The van der Waals surface area contributed by atoms with Crippen molar-refractivity contribution in [2.45, 2.75) is 25.2 Å². The van der Waals surface area contributed by atoms with Crippen molar-refractivity contribution in [3.05, 3.63) is 60.1 Å². The lowest BCUT2D eigenvalue weighted by molar-refractivity contribution is -0.139. The van der Waals surface area contributed by atoms with Crippen LogP contribution in [-0.4, -0.2) is 48.3 Å². The van der Waals surface area contributed by atoms with Crippen molar-refractivity contribution in [1.29, 1.82) is 0 Å². The molecule has 2 aliphatic heterocycles. The van der Waals surface area contributed by atoms with E-state index in [0.717, 1.165) is 44.5 Å². The van der Waals surface area contributed by atoms with Crippen LogP contribution in [0.2, 0.25) is 0 Å². The third kappa shape index (κ3) is 3.02. The fraction of sp³-hybridized carbons (Fsp3) is 0.429. The van der Waals surface area contributed by atoms with Gasteiger partial charge in [0.15, 0.2) is 0 Å². The Bertz CT molecular complexity index is 777. The molecule has 1 aromatic carbocycles. The summed E-state index contributed by atoms with van der Waals surface area (Å²) in [6.45, 7) is 2.24. The number of furan rings is 1. The van der Waals surface area contributed by atoms with Gasteiger partial charge in [0.25, 0.3) is 5.91 Å². The molecule has 0 aliphatic carbocycles. The van der Waals surface area contributed by atoms with Gasteiger partial charge in [-0.25, -0.2) is 0 Å². The number of carbonyl (C=O) groups is 2. The second-order valence-corrected chi connectivity index (χ2v) is 7.67. The van der Waals surface area contributed by atoms with E-state index in [1.807, 2.05) is 47.2 Å². The molecular weight excluding hydrogens is 328 g/mol. The highest BCUT2D eigenvalue weighted by molar-refractivity contribution is 5.93. The van der Waals surface area contributed by atoms with Gasteiger partial charge in [-0.3, -0.25) is 9.59 Å². The summed E-state index contributed by atoms with van der Waals surface area (Å²) in [5.41, 5.74) is 1.80. The Morgan fingerprint density at radius 2 is 1.88 bits per heavy atom. The van der Waals surface area contributed by atoms with Gasteiger partial charge in [0, 0.05) is 26.7 Å². The molecule has 2 amide bonds. The van der Waals surface area contributed by atoms with Crippen molar-refractivity contribution in [2.75, 3.05) is 26.7 Å². The second kappa shape index (κ2) is 6.63. The maximum Gasteiger partial charge on any atom is 0.257 e. The lowest BCUT2D eigenvalue weighted by atomic mass is 9.67. The van der Waals surface area contributed by atoms with Gasteiger partial charge in [-0.1, -0.05) is 30.3 Å². The Balaban J connectivity index is 1.49. The highest BCUT2D eigenvalue weighted by Crippen LogP contribution is 2.45. The highest BCUT2D eigenvalue weighted by Gasteiger charge is 2.45. The van der Waals surface area contributed by atoms with Crippen molar-refractivity contribution in [3.8, 4) is 0 Å². The largest absolute Gasteiger partial charge is 0.472 e. The van der Waals surface area contributed by atoms with Crippen LogP contribution in [0.25, 0.3) is 0 Å². The molecule has 4 rings (SSSR count). The Hall–Kier alpha value is -2.56. The van der Waals surface area contributed by atoms with E-state index in [4.69, 9.17) is 4.42 Å². The zero-order chi connectivity index (χ0) is 18.1. The molecule has 0 N–H and O–H groups in total. The van der Waals surface area contributed by atoms with E-state index in [2.05, 4.69) is 0 Å². The molecule has 0 radical (unpaired) electrons. The van der Waals surface area contributed by atoms with E-state index in [1.165, 1.54) is 12.5 Å². The first-order valence-electron chi connectivity index (χ1n) is 9.19. The first-order valence-corrected chi connectivity index (χ1v) is 9.19. The second-order valence-electron chi connectivity index (χ2n) is 7.67. The molecule has 2 fully saturated rings. The number of likely N-dealkylation sites (tertiary alicyclic amines) is 2. The van der Waals surface area contributed by atoms with Crippen LogP contribution in [0.4, 0.5) is 0 Å². The maximum atomic E-state index is 12.7. The van der Waals surface area contributed by atoms with Crippen LogP contribution in [0.3, 0.4) is 0 Å². The van der Waals surface area contributed by atoms with Gasteiger partial charge in [0.1, 0.15) is 6.26 Å². The van der Waals surface area contributed by atoms with E-state index in [9.17, 15) is 9.59 Å². The van der Waals surface area contributed by atoms with Crippen LogP contribution in [0, 0.1) is 5.41 Å². The third-order valence-electron chi connectivity index (χ3n) is 5.97. The number of hydrogen-bond donors (Lipinski definition) is 0. The van der Waals surface area contributed by atoms with Gasteiger partial charge in [0.05, 0.1) is 17.7 Å². The highest BCUT2D eigenvalue weighted by atomic mass is 16.3. The molecule has 3 heterocycles. The molecule has 1 aromatic heterocycles. The van der Waals surface area contributed by atoms with Gasteiger partial charge in [-0.05, 0) is 36.3 Å². The molecule has 5 heteroatoms. The summed E-state index contributed by atoms with van der Waals surface area (Å²) in [6.07, 6.45) is 5.76. The number of piperidine rings is 2. The predicted octanol–water partition coefficient (Wildman–Crippen LogP) is 3.15. The zero-order valence-electron chi connectivity index (χ0n) is 15.1. The lowest BCUT2D eigenvalue weighted by Gasteiger charge is -2.49. The number of carbonyl (C=O) groups excluding carboxylic acids is 2. The van der Waals surface area contributed by atoms with Crippen molar-refractivity contribution >= 4 is 11.8 Å². The molecule has 26 heavy (non-hydrogen) atoms. The summed E-state index contributed by atoms with van der Waals surface area (Å²) in [5, 5.41) is 0. The number of nitrogens with zero attached hydrogens (tertiary/aromatic N) is 2. The zero-order valence-corrected chi connectivity index (χ0v) is 15.1. The van der Waals surface area contributed by atoms with Crippen LogP contribution in [0.15, 0.2) is 53.3 Å². The van der Waals surface area contributed by atoms with Crippen LogP contribution >= 0.6 is 0 Å². The van der Waals surface area contributed by atoms with Gasteiger partial charge in [-0.15, -0.1) is 0 Å². The monoisotopic (exact) mass is 352 g/mol. The van der Waals surface area contributed by atoms with Gasteiger partial charge in [-0.2, -0.15) is 0 Å². The molecule has 2 aromatic rings. The summed E-state index contributed by atoms with van der Waals surface area (Å²) < 4.78 is 5.03. The first kappa shape index (κ1) is 16.9. The van der Waals surface area contributed by atoms with E-state index in [0.29, 0.717) is 5.56 Å². The standard InChI is InChI=1S/C21H24N2O3/c1-22-15-21(13-18(20(22)25)16-5-3-2-4-6-16)8-10-23(11-9-21)19(24)17-7-12-26-14-17/h2-7,12,14,18H,8-11,13,15H2,1H3/t18-/m0/s1. The number of likely N-dealkylation sites (N-methyl/N-ethyl adjacent to an activating group) is 1. The van der Waals surface area contributed by atoms with Crippen molar-refractivity contribution in [1.82, 2.24) is 9.80 Å². The molecule has 2 saturated heterocycles. The fourth-order valence-corrected chi connectivity index (χ4v) is 4.49. The number of hydrogen-bond acceptors (Lipinski definition) is 3. The summed E-state index contributed by atoms with van der Waals surface area (Å²) in [4.78, 5) is 29.1. The predicted molar refractivity (Wildman–Crippen MR) is 97.7 cm³/mol. The SMILES string of the molecule is CN1CC2(CCN(C(=O)c3ccoc3)CC2)C[C@@H](c2ccccc2)C1=O. The molecule has 0 saturated carbocycles. The third-order valence-corrected chi connectivity index (χ3v) is 5.97. The van der Waals surface area contributed by atoms with Crippen LogP contribution < -0.4 is 0 Å². The number of amides is 2. The summed E-state index contributed by atoms with van der Waals surface area (Å²) >= 11 is 0. The maximum absolute atomic E-state index is 12.7. The van der Waals surface area contributed by atoms with Crippen LogP contribution in [-0.2, 0) is 4.79 Å². The number of benzene rings is 1. The molecule has 1 spiro atoms. The Kier molecular flexibility index (Phi) is 4.31. The molecule has 0 unspecified atom stereocenters. The minimum atomic E-state index is -0.0777. The minimum absolute atomic E-state index is 0.0356. The molecule has 5 nitrogen and oxygen atoms in total. The fourth-order valence-electron chi connectivity index (χ4n) is 4.49. The van der Waals surface area contributed by atoms with E-state index in [-0.39, 0.29) is 23.1 Å². The number of rotatable bonds is 2. The smallest absolute Gasteiger partial charge is 0.257 e. The van der Waals surface area contributed by atoms with Gasteiger partial charge >= 0.3 is 0 Å². The average Bonchev–Trinajstić information content (AvgIpc) is 3.20. The summed E-state index contributed by atoms with van der Waals surface area (Å²) in [5.74, 6) is 0.165. The van der Waals surface area contributed by atoms with Crippen molar-refractivity contribution < 1.29 is 14.0 Å². The lowest BCUT2D eigenvalue weighted by Crippen LogP contribution is -2.53. The minimum Gasteiger partial charge on any atom is -0.472 e. The quantitative estimate of drug-likeness (QED) is 0.834. The Morgan fingerprint density at radius 3 is 2.54 bits per heavy atom. The normalized spacial score (nSPS) is 22.7. The van der Waals surface area contributed by atoms with E-state index < -0.39 is 0 Å².